The monoisotopic (exact) mass is 1660 g/mol. The van der Waals surface area contributed by atoms with Gasteiger partial charge in [-0.2, -0.15) is 0 Å². The van der Waals surface area contributed by atoms with Crippen LogP contribution in [-0.2, 0) is 59.3 Å². The molecule has 10 aromatic rings. The summed E-state index contributed by atoms with van der Waals surface area (Å²) in [4.78, 5) is 83.3. The number of carbonyl (C=O) groups is 5. The van der Waals surface area contributed by atoms with Crippen molar-refractivity contribution in [2.75, 3.05) is 10.9 Å². The molecule has 0 radical (unpaired) electrons. The molecule has 624 valence electrons. The molecule has 7 heterocycles. The number of nitrogen functional groups attached to an aromatic ring is 1. The maximum absolute atomic E-state index is 13.5. The Kier molecular flexibility index (Phi) is 22.4. The summed E-state index contributed by atoms with van der Waals surface area (Å²) in [7, 11) is -11.4. The Bertz CT molecular complexity index is 5750. The summed E-state index contributed by atoms with van der Waals surface area (Å²) in [5.41, 5.74) is 10.0. The van der Waals surface area contributed by atoms with E-state index in [2.05, 4.69) is 67.3 Å². The minimum absolute atomic E-state index is 0.130. The van der Waals surface area contributed by atoms with Gasteiger partial charge in [-0.25, -0.2) is 82.3 Å². The minimum Gasteiger partial charge on any atom is -0.481 e. The van der Waals surface area contributed by atoms with Gasteiger partial charge < -0.3 is 40.7 Å². The summed E-state index contributed by atoms with van der Waals surface area (Å²) in [5, 5.41) is 27.5. The lowest BCUT2D eigenvalue weighted by molar-refractivity contribution is -0.156. The quantitative estimate of drug-likeness (QED) is 0.0268. The van der Waals surface area contributed by atoms with Crippen molar-refractivity contribution >= 4 is 111 Å². The molecule has 117 heavy (non-hydrogen) atoms. The number of alkyl carbamates (subject to hydrolysis) is 3. The Balaban J connectivity index is 0.000000142. The summed E-state index contributed by atoms with van der Waals surface area (Å²) in [6.07, 6.45) is 20.8. The molecule has 4 amide bonds. The fourth-order valence-electron chi connectivity index (χ4n) is 16.7. The highest BCUT2D eigenvalue weighted by molar-refractivity contribution is 7.90. The molecule has 3 aromatic carbocycles. The van der Waals surface area contributed by atoms with Crippen LogP contribution in [-0.4, -0.2) is 145 Å². The van der Waals surface area contributed by atoms with Crippen LogP contribution in [0.2, 0.25) is 0 Å². The summed E-state index contributed by atoms with van der Waals surface area (Å²) in [5.74, 6) is 5.94. The van der Waals surface area contributed by atoms with Crippen molar-refractivity contribution in [2.45, 2.75) is 252 Å². The molecular weight excluding hydrogens is 1560 g/mol. The Morgan fingerprint density at radius 3 is 1.15 bits per heavy atom. The van der Waals surface area contributed by atoms with Crippen LogP contribution >= 0.6 is 0 Å². The predicted molar refractivity (Wildman–Crippen MR) is 436 cm³/mol. The van der Waals surface area contributed by atoms with Gasteiger partial charge in [0.2, 0.25) is 5.91 Å². The summed E-state index contributed by atoms with van der Waals surface area (Å²) < 4.78 is 100. The third-order valence-electron chi connectivity index (χ3n) is 23.4. The molecule has 7 aromatic heterocycles. The molecule has 9 fully saturated rings. The van der Waals surface area contributed by atoms with Crippen molar-refractivity contribution in [3.05, 3.63) is 151 Å². The van der Waals surface area contributed by atoms with E-state index in [4.69, 9.17) is 20.1 Å². The summed E-state index contributed by atoms with van der Waals surface area (Å²) in [6, 6.07) is 24.9. The van der Waals surface area contributed by atoms with E-state index in [-0.39, 0.29) is 60.0 Å². The first-order chi connectivity index (χ1) is 54.9. The van der Waals surface area contributed by atoms with Crippen LogP contribution in [0.4, 0.5) is 26.0 Å². The summed E-state index contributed by atoms with van der Waals surface area (Å²) >= 11 is 0. The lowest BCUT2D eigenvalue weighted by Crippen LogP contribution is -2.60. The Labute approximate surface area is 678 Å². The van der Waals surface area contributed by atoms with E-state index in [1.54, 1.807) is 103 Å². The van der Waals surface area contributed by atoms with E-state index in [1.807, 2.05) is 87.5 Å². The molecule has 6 bridgehead atoms. The number of carboxylic acid groups (broad SMARTS) is 1. The number of nitrogens with two attached hydrogens (primary N) is 1. The molecule has 0 aliphatic heterocycles. The number of fused-ring (bicyclic) bond motifs is 14. The van der Waals surface area contributed by atoms with Gasteiger partial charge in [0.05, 0.1) is 49.6 Å². The van der Waals surface area contributed by atoms with Crippen LogP contribution in [0.15, 0.2) is 143 Å². The Hall–Kier alpha value is -10.9. The number of rotatable bonds is 15. The van der Waals surface area contributed by atoms with Gasteiger partial charge in [0, 0.05) is 40.6 Å². The van der Waals surface area contributed by atoms with Crippen LogP contribution in [0.1, 0.15) is 200 Å². The molecule has 33 nitrogen and oxygen atoms in total. The van der Waals surface area contributed by atoms with E-state index in [9.17, 15) is 54.3 Å². The number of nitrogens with zero attached hydrogens (tertiary/aromatic N) is 11. The standard InChI is InChI=1S/C27H34N6O5S.C27H32N6O4S.C14H23NO4.C13H13N5O2S/c1-18-5-7-19(8-6-18)39(36,37)33-16-9-20-22(33)28-17-21(29-20)31-32-23(34)26-10-13-27(14-11-26,15-12-26)30-24(35)38-25(2,3)4;1-18-5-7-19(8-6-18)38(35,36)32-16-9-20-22(32)28-17-21-30-31-23(33(20)21)26-10-13-27(14-11-26,15-12-26)29-24(34)37-25(2,3)4;1-12(2,3)19-11(18)15-14-7-4-13(5-8-14,6-9-14)10(16)17;1-9-2-4-10(5-3-9)21(19,20)18-7-6-11-13(18)15-8-12(16-11)17-14/h5-9,16-17H,10-15H2,1-4H3,(H,29,31)(H,30,35)(H,32,34);5-9,16-17H,10-15H2,1-4H3,(H,29,34);4-9H2,1-3H3,(H,15,18)(H,16,17);2-8H,14H2,1H3,(H,16,17). The minimum atomic E-state index is -3.83. The number of carboxylic acids is 1. The van der Waals surface area contributed by atoms with Gasteiger partial charge in [0.1, 0.15) is 33.7 Å². The molecule has 9 aliphatic carbocycles. The first-order valence-corrected chi connectivity index (χ1v) is 43.4. The average Bonchev–Trinajstić information content (AvgIpc) is 1.61. The molecule has 36 heteroatoms. The molecule has 0 unspecified atom stereocenters. The lowest BCUT2D eigenvalue weighted by atomic mass is 9.57. The van der Waals surface area contributed by atoms with Crippen molar-refractivity contribution in [3.8, 4) is 0 Å². The van der Waals surface area contributed by atoms with E-state index >= 15 is 0 Å². The zero-order valence-electron chi connectivity index (χ0n) is 67.7. The molecule has 0 saturated heterocycles. The number of carbonyl (C=O) groups excluding carboxylic acids is 4. The number of aliphatic carboxylic acids is 1. The second-order valence-electron chi connectivity index (χ2n) is 35.0. The van der Waals surface area contributed by atoms with Crippen LogP contribution in [0.25, 0.3) is 39.1 Å². The van der Waals surface area contributed by atoms with E-state index in [0.29, 0.717) is 97.3 Å². The third kappa shape index (κ3) is 17.6. The number of hydrogen-bond acceptors (Lipinski definition) is 24. The van der Waals surface area contributed by atoms with Gasteiger partial charge in [-0.15, -0.1) is 10.2 Å². The molecule has 0 atom stereocenters. The molecule has 9 N–H and O–H groups in total. The molecule has 19 rings (SSSR count). The smallest absolute Gasteiger partial charge is 0.408 e. The molecule has 9 saturated carbocycles. The average molecular weight is 1660 g/mol. The zero-order chi connectivity index (χ0) is 84.3. The van der Waals surface area contributed by atoms with Gasteiger partial charge in [-0.1, -0.05) is 53.1 Å². The zero-order valence-corrected chi connectivity index (χ0v) is 70.2. The number of benzene rings is 3. The van der Waals surface area contributed by atoms with Crippen molar-refractivity contribution in [2.24, 2.45) is 16.7 Å². The highest BCUT2D eigenvalue weighted by Crippen LogP contribution is 2.56. The van der Waals surface area contributed by atoms with Crippen LogP contribution in [0.3, 0.4) is 0 Å². The Morgan fingerprint density at radius 1 is 0.436 bits per heavy atom. The number of hydrogen-bond donors (Lipinski definition) is 8. The fraction of sp³-hybridized carbons (Fsp3) is 0.481. The lowest BCUT2D eigenvalue weighted by Gasteiger charge is -2.52. The van der Waals surface area contributed by atoms with E-state index < -0.39 is 75.9 Å². The van der Waals surface area contributed by atoms with Gasteiger partial charge in [-0.3, -0.25) is 24.8 Å². The van der Waals surface area contributed by atoms with Crippen molar-refractivity contribution in [1.82, 2.24) is 72.8 Å². The molecule has 9 aliphatic rings. The highest BCUT2D eigenvalue weighted by Gasteiger charge is 2.56. The molecule has 0 spiro atoms. The number of nitrogens with one attached hydrogen (secondary N) is 6. The number of anilines is 2. The first-order valence-electron chi connectivity index (χ1n) is 39.1. The van der Waals surface area contributed by atoms with Gasteiger partial charge >= 0.3 is 24.2 Å². The van der Waals surface area contributed by atoms with Crippen LogP contribution in [0.5, 0.6) is 0 Å². The fourth-order valence-corrected chi connectivity index (χ4v) is 20.6. The van der Waals surface area contributed by atoms with E-state index in [0.717, 1.165) is 88.2 Å². The van der Waals surface area contributed by atoms with Gasteiger partial charge in [-0.05, 0) is 253 Å². The maximum Gasteiger partial charge on any atom is 0.408 e. The van der Waals surface area contributed by atoms with Gasteiger partial charge in [0.25, 0.3) is 30.1 Å². The van der Waals surface area contributed by atoms with Crippen molar-refractivity contribution in [1.29, 1.82) is 0 Å². The number of ether oxygens (including phenoxy) is 3. The highest BCUT2D eigenvalue weighted by atomic mass is 32.2. The van der Waals surface area contributed by atoms with Crippen molar-refractivity contribution < 1.29 is 68.5 Å². The van der Waals surface area contributed by atoms with Gasteiger partial charge in [0.15, 0.2) is 34.2 Å². The summed E-state index contributed by atoms with van der Waals surface area (Å²) in [6.45, 7) is 22.3. The Morgan fingerprint density at radius 2 is 0.778 bits per heavy atom. The number of aromatic nitrogens is 11. The number of aryl methyl sites for hydroxylation is 3. The second kappa shape index (κ2) is 31.2. The normalized spacial score (nSPS) is 22.9. The number of amides is 4. The maximum atomic E-state index is 13.5. The SMILES string of the molecule is CC(C)(C)OC(=O)NC12CCC(C(=O)O)(CC1)CC2.Cc1ccc(S(=O)(=O)n2ccc3c2ncc2nnc(C45CCC(NC(=O)OC(C)(C)C)(CC4)CC5)n23)cc1.Cc1ccc(S(=O)(=O)n2ccc3nc(NN)cnc32)cc1.Cc1ccc(S(=O)(=O)n2ccc3nc(NNC(=O)C45CCC(NC(=O)OC(C)(C)C)(CC4)CC5)cnc32)cc1. The second-order valence-corrected chi connectivity index (χ2v) is 40.4. The topological polar surface area (TPSA) is 443 Å². The first kappa shape index (κ1) is 84.1. The van der Waals surface area contributed by atoms with Crippen LogP contribution in [0, 0.1) is 31.6 Å². The number of hydrazine groups is 2. The third-order valence-corrected chi connectivity index (χ3v) is 28.4. The molecular formula is C81H102N18O15S3. The largest absolute Gasteiger partial charge is 0.481 e. The van der Waals surface area contributed by atoms with Crippen LogP contribution < -0.4 is 38.1 Å². The predicted octanol–water partition coefficient (Wildman–Crippen LogP) is 12.5. The van der Waals surface area contributed by atoms with E-state index in [1.165, 1.54) is 28.8 Å². The van der Waals surface area contributed by atoms with Crippen molar-refractivity contribution in [3.63, 3.8) is 0 Å².